The predicted octanol–water partition coefficient (Wildman–Crippen LogP) is 0.855. The van der Waals surface area contributed by atoms with Crippen molar-refractivity contribution in [2.24, 2.45) is 5.92 Å². The third kappa shape index (κ3) is 2.02. The number of hydrogen-bond donors (Lipinski definition) is 2. The van der Waals surface area contributed by atoms with E-state index in [-0.39, 0.29) is 23.1 Å². The Labute approximate surface area is 92.1 Å². The molecule has 1 aliphatic heterocycles. The van der Waals surface area contributed by atoms with Crippen molar-refractivity contribution < 1.29 is 9.18 Å². The summed E-state index contributed by atoms with van der Waals surface area (Å²) in [6.07, 6.45) is 0. The lowest BCUT2D eigenvalue weighted by Gasteiger charge is -2.25. The second kappa shape index (κ2) is 4.29. The van der Waals surface area contributed by atoms with Crippen molar-refractivity contribution in [1.29, 1.82) is 5.26 Å². The predicted molar refractivity (Wildman–Crippen MR) is 56.1 cm³/mol. The zero-order valence-electron chi connectivity index (χ0n) is 8.46. The van der Waals surface area contributed by atoms with Gasteiger partial charge >= 0.3 is 0 Å². The number of halogens is 1. The Hall–Kier alpha value is -1.93. The van der Waals surface area contributed by atoms with Crippen LogP contribution in [0.1, 0.15) is 5.56 Å². The quantitative estimate of drug-likeness (QED) is 0.775. The molecular formula is C11H10FN3O. The van der Waals surface area contributed by atoms with Gasteiger partial charge in [-0.05, 0) is 18.2 Å². The molecule has 16 heavy (non-hydrogen) atoms. The maximum atomic E-state index is 13.4. The zero-order valence-corrected chi connectivity index (χ0v) is 8.46. The van der Waals surface area contributed by atoms with Crippen LogP contribution < -0.4 is 10.6 Å². The van der Waals surface area contributed by atoms with Crippen LogP contribution in [0.3, 0.4) is 0 Å². The first-order valence-electron chi connectivity index (χ1n) is 4.92. The summed E-state index contributed by atoms with van der Waals surface area (Å²) in [5, 5.41) is 14.0. The standard InChI is InChI=1S/C11H10FN3O/c12-9-3-7(4-13)1-2-10(9)15-11(16)8-5-14-6-8/h1-3,8,14H,5-6H2,(H,15,16). The molecule has 1 heterocycles. The summed E-state index contributed by atoms with van der Waals surface area (Å²) in [5.74, 6) is -0.864. The molecule has 1 aromatic rings. The van der Waals surface area contributed by atoms with Crippen molar-refractivity contribution in [2.75, 3.05) is 18.4 Å². The van der Waals surface area contributed by atoms with Gasteiger partial charge in [-0.2, -0.15) is 5.26 Å². The summed E-state index contributed by atoms with van der Waals surface area (Å²) in [6, 6.07) is 5.81. The highest BCUT2D eigenvalue weighted by Gasteiger charge is 2.25. The SMILES string of the molecule is N#Cc1ccc(NC(=O)C2CNC2)c(F)c1. The number of nitriles is 1. The van der Waals surface area contributed by atoms with Crippen LogP contribution in [-0.4, -0.2) is 19.0 Å². The Bertz CT molecular complexity index is 463. The van der Waals surface area contributed by atoms with E-state index in [1.54, 1.807) is 0 Å². The van der Waals surface area contributed by atoms with Crippen LogP contribution in [0.15, 0.2) is 18.2 Å². The molecule has 1 aliphatic rings. The van der Waals surface area contributed by atoms with E-state index in [0.29, 0.717) is 13.1 Å². The maximum absolute atomic E-state index is 13.4. The Morgan fingerprint density at radius 3 is 2.81 bits per heavy atom. The van der Waals surface area contributed by atoms with Crippen molar-refractivity contribution in [3.63, 3.8) is 0 Å². The van der Waals surface area contributed by atoms with Gasteiger partial charge in [-0.25, -0.2) is 4.39 Å². The van der Waals surface area contributed by atoms with E-state index >= 15 is 0 Å². The molecule has 0 aromatic heterocycles. The fourth-order valence-electron chi connectivity index (χ4n) is 1.39. The number of nitrogens with one attached hydrogen (secondary N) is 2. The summed E-state index contributed by atoms with van der Waals surface area (Å²) in [5.41, 5.74) is 0.358. The van der Waals surface area contributed by atoms with E-state index < -0.39 is 5.82 Å². The van der Waals surface area contributed by atoms with Gasteiger partial charge in [0, 0.05) is 13.1 Å². The number of benzene rings is 1. The molecule has 82 valence electrons. The Morgan fingerprint density at radius 2 is 2.31 bits per heavy atom. The largest absolute Gasteiger partial charge is 0.323 e. The smallest absolute Gasteiger partial charge is 0.230 e. The molecule has 0 aliphatic carbocycles. The zero-order chi connectivity index (χ0) is 11.5. The minimum Gasteiger partial charge on any atom is -0.323 e. The number of rotatable bonds is 2. The molecule has 0 bridgehead atoms. The van der Waals surface area contributed by atoms with E-state index in [1.165, 1.54) is 12.1 Å². The summed E-state index contributed by atoms with van der Waals surface area (Å²) in [7, 11) is 0. The van der Waals surface area contributed by atoms with Gasteiger partial charge in [0.2, 0.25) is 5.91 Å². The van der Waals surface area contributed by atoms with E-state index in [4.69, 9.17) is 5.26 Å². The molecule has 1 saturated heterocycles. The van der Waals surface area contributed by atoms with E-state index in [9.17, 15) is 9.18 Å². The molecule has 2 rings (SSSR count). The van der Waals surface area contributed by atoms with Crippen LogP contribution in [-0.2, 0) is 4.79 Å². The molecule has 0 unspecified atom stereocenters. The number of amides is 1. The Morgan fingerprint density at radius 1 is 1.56 bits per heavy atom. The number of carbonyl (C=O) groups excluding carboxylic acids is 1. The molecule has 0 saturated carbocycles. The molecular weight excluding hydrogens is 209 g/mol. The van der Waals surface area contributed by atoms with Crippen molar-refractivity contribution >= 4 is 11.6 Å². The first-order chi connectivity index (χ1) is 7.70. The lowest BCUT2D eigenvalue weighted by atomic mass is 10.0. The summed E-state index contributed by atoms with van der Waals surface area (Å²) >= 11 is 0. The molecule has 0 spiro atoms. The minimum atomic E-state index is -0.584. The Kier molecular flexibility index (Phi) is 2.84. The first-order valence-corrected chi connectivity index (χ1v) is 4.92. The van der Waals surface area contributed by atoms with Crippen molar-refractivity contribution in [3.05, 3.63) is 29.6 Å². The van der Waals surface area contributed by atoms with Gasteiger partial charge in [-0.1, -0.05) is 0 Å². The van der Waals surface area contributed by atoms with Gasteiger partial charge in [0.25, 0.3) is 0 Å². The van der Waals surface area contributed by atoms with Crippen LogP contribution in [0.25, 0.3) is 0 Å². The number of hydrogen-bond acceptors (Lipinski definition) is 3. The fourth-order valence-corrected chi connectivity index (χ4v) is 1.39. The minimum absolute atomic E-state index is 0.0879. The van der Waals surface area contributed by atoms with Gasteiger partial charge in [0.05, 0.1) is 23.2 Å². The van der Waals surface area contributed by atoms with Crippen molar-refractivity contribution in [3.8, 4) is 6.07 Å². The average Bonchev–Trinajstić information content (AvgIpc) is 2.18. The molecule has 1 amide bonds. The molecule has 0 radical (unpaired) electrons. The molecule has 2 N–H and O–H groups in total. The van der Waals surface area contributed by atoms with Gasteiger partial charge < -0.3 is 10.6 Å². The van der Waals surface area contributed by atoms with E-state index in [2.05, 4.69) is 10.6 Å². The highest BCUT2D eigenvalue weighted by molar-refractivity contribution is 5.93. The van der Waals surface area contributed by atoms with Crippen LogP contribution in [0.4, 0.5) is 10.1 Å². The Balaban J connectivity index is 2.09. The molecule has 4 nitrogen and oxygen atoms in total. The van der Waals surface area contributed by atoms with Gasteiger partial charge in [0.15, 0.2) is 0 Å². The fraction of sp³-hybridized carbons (Fsp3) is 0.273. The van der Waals surface area contributed by atoms with Crippen molar-refractivity contribution in [1.82, 2.24) is 5.32 Å². The van der Waals surface area contributed by atoms with Gasteiger partial charge in [-0.3, -0.25) is 4.79 Å². The summed E-state index contributed by atoms with van der Waals surface area (Å²) < 4.78 is 13.4. The third-order valence-corrected chi connectivity index (χ3v) is 2.51. The number of anilines is 1. The van der Waals surface area contributed by atoms with Crippen LogP contribution in [0.2, 0.25) is 0 Å². The van der Waals surface area contributed by atoms with Crippen molar-refractivity contribution in [2.45, 2.75) is 0 Å². The molecule has 0 atom stereocenters. The highest BCUT2D eigenvalue weighted by Crippen LogP contribution is 2.17. The second-order valence-corrected chi connectivity index (χ2v) is 3.65. The molecule has 1 fully saturated rings. The molecule has 5 heteroatoms. The van der Waals surface area contributed by atoms with Gasteiger partial charge in [0.1, 0.15) is 5.82 Å². The van der Waals surface area contributed by atoms with Crippen LogP contribution in [0.5, 0.6) is 0 Å². The summed E-state index contributed by atoms with van der Waals surface area (Å²) in [4.78, 5) is 11.5. The normalized spacial score (nSPS) is 15.0. The van der Waals surface area contributed by atoms with E-state index in [1.807, 2.05) is 6.07 Å². The average molecular weight is 219 g/mol. The topological polar surface area (TPSA) is 64.9 Å². The highest BCUT2D eigenvalue weighted by atomic mass is 19.1. The number of nitrogens with zero attached hydrogens (tertiary/aromatic N) is 1. The maximum Gasteiger partial charge on any atom is 0.230 e. The first kappa shape index (κ1) is 10.6. The third-order valence-electron chi connectivity index (χ3n) is 2.51. The van der Waals surface area contributed by atoms with E-state index in [0.717, 1.165) is 6.07 Å². The van der Waals surface area contributed by atoms with Crippen LogP contribution in [0, 0.1) is 23.1 Å². The van der Waals surface area contributed by atoms with Gasteiger partial charge in [-0.15, -0.1) is 0 Å². The molecule has 1 aromatic carbocycles. The monoisotopic (exact) mass is 219 g/mol. The second-order valence-electron chi connectivity index (χ2n) is 3.65. The lowest BCUT2D eigenvalue weighted by Crippen LogP contribution is -2.48. The summed E-state index contributed by atoms with van der Waals surface area (Å²) in [6.45, 7) is 1.26. The lowest BCUT2D eigenvalue weighted by molar-refractivity contribution is -0.121. The van der Waals surface area contributed by atoms with Crippen LogP contribution >= 0.6 is 0 Å². The number of carbonyl (C=O) groups is 1.